The molecule has 1 rings (SSSR count). The van der Waals surface area contributed by atoms with E-state index in [-0.39, 0.29) is 5.41 Å². The van der Waals surface area contributed by atoms with E-state index in [1.165, 1.54) is 4.88 Å². The molecule has 1 heterocycles. The summed E-state index contributed by atoms with van der Waals surface area (Å²) in [5.74, 6) is 0. The fourth-order valence-corrected chi connectivity index (χ4v) is 1.84. The summed E-state index contributed by atoms with van der Waals surface area (Å²) < 4.78 is 0. The zero-order valence-electron chi connectivity index (χ0n) is 8.87. The first kappa shape index (κ1) is 11.2. The Balaban J connectivity index is 2.44. The predicted molar refractivity (Wildman–Crippen MR) is 60.1 cm³/mol. The number of nitrogens with one attached hydrogen (secondary N) is 1. The summed E-state index contributed by atoms with van der Waals surface area (Å²) in [6.07, 6.45) is 0. The summed E-state index contributed by atoms with van der Waals surface area (Å²) in [6, 6.07) is 6.78. The van der Waals surface area contributed by atoms with E-state index < -0.39 is 0 Å². The Morgan fingerprint density at radius 1 is 1.64 bits per heavy atom. The van der Waals surface area contributed by atoms with Gasteiger partial charge in [-0.2, -0.15) is 5.26 Å². The quantitative estimate of drug-likeness (QED) is 0.825. The van der Waals surface area contributed by atoms with Crippen molar-refractivity contribution in [2.75, 3.05) is 6.54 Å². The van der Waals surface area contributed by atoms with Crippen LogP contribution in [0, 0.1) is 16.7 Å². The van der Waals surface area contributed by atoms with E-state index in [1.807, 2.05) is 19.9 Å². The number of hydrogen-bond donors (Lipinski definition) is 1. The van der Waals surface area contributed by atoms with Crippen molar-refractivity contribution in [1.29, 1.82) is 5.26 Å². The molecule has 0 saturated heterocycles. The topological polar surface area (TPSA) is 35.8 Å². The van der Waals surface area contributed by atoms with E-state index in [4.69, 9.17) is 5.26 Å². The molecule has 0 bridgehead atoms. The normalized spacial score (nSPS) is 13.6. The third-order valence-electron chi connectivity index (χ3n) is 2.12. The van der Waals surface area contributed by atoms with Gasteiger partial charge in [0, 0.05) is 17.5 Å². The van der Waals surface area contributed by atoms with Gasteiger partial charge in [0.05, 0.1) is 11.5 Å². The van der Waals surface area contributed by atoms with E-state index in [2.05, 4.69) is 29.8 Å². The monoisotopic (exact) mass is 208 g/mol. The highest BCUT2D eigenvalue weighted by Gasteiger charge is 2.17. The fraction of sp³-hybridized carbons (Fsp3) is 0.545. The number of nitrogens with zero attached hydrogens (tertiary/aromatic N) is 1. The van der Waals surface area contributed by atoms with Gasteiger partial charge in [-0.15, -0.1) is 11.3 Å². The molecule has 0 aliphatic rings. The first-order valence-corrected chi connectivity index (χ1v) is 5.61. The maximum absolute atomic E-state index is 8.85. The average Bonchev–Trinajstić information content (AvgIpc) is 2.67. The molecule has 0 saturated carbocycles. The summed E-state index contributed by atoms with van der Waals surface area (Å²) >= 11 is 1.74. The molecular formula is C11H16N2S. The van der Waals surface area contributed by atoms with E-state index >= 15 is 0 Å². The molecule has 1 N–H and O–H groups in total. The molecular weight excluding hydrogens is 192 g/mol. The molecule has 0 aliphatic heterocycles. The van der Waals surface area contributed by atoms with Gasteiger partial charge >= 0.3 is 0 Å². The van der Waals surface area contributed by atoms with Crippen molar-refractivity contribution in [2.24, 2.45) is 5.41 Å². The maximum atomic E-state index is 8.85. The van der Waals surface area contributed by atoms with Gasteiger partial charge in [0.1, 0.15) is 0 Å². The van der Waals surface area contributed by atoms with Crippen LogP contribution < -0.4 is 5.32 Å². The van der Waals surface area contributed by atoms with Crippen LogP contribution in [0.4, 0.5) is 0 Å². The lowest BCUT2D eigenvalue weighted by Crippen LogP contribution is -2.29. The van der Waals surface area contributed by atoms with Gasteiger partial charge < -0.3 is 5.32 Å². The molecule has 76 valence electrons. The second-order valence-corrected chi connectivity index (χ2v) is 5.09. The number of rotatable bonds is 4. The molecule has 0 fully saturated rings. The first-order chi connectivity index (χ1) is 6.55. The van der Waals surface area contributed by atoms with Crippen LogP contribution in [-0.4, -0.2) is 6.54 Å². The van der Waals surface area contributed by atoms with Crippen molar-refractivity contribution in [3.63, 3.8) is 0 Å². The third kappa shape index (κ3) is 3.13. The summed E-state index contributed by atoms with van der Waals surface area (Å²) in [7, 11) is 0. The van der Waals surface area contributed by atoms with Gasteiger partial charge in [-0.3, -0.25) is 0 Å². The van der Waals surface area contributed by atoms with Crippen LogP contribution in [0.3, 0.4) is 0 Å². The molecule has 0 amide bonds. The molecule has 14 heavy (non-hydrogen) atoms. The van der Waals surface area contributed by atoms with E-state index in [0.717, 1.165) is 6.54 Å². The maximum Gasteiger partial charge on any atom is 0.0697 e. The predicted octanol–water partition coefficient (Wildman–Crippen LogP) is 2.95. The Morgan fingerprint density at radius 3 is 2.86 bits per heavy atom. The zero-order chi connectivity index (χ0) is 10.6. The summed E-state index contributed by atoms with van der Waals surface area (Å²) in [5.41, 5.74) is -0.286. The van der Waals surface area contributed by atoms with Gasteiger partial charge in [0.15, 0.2) is 0 Å². The van der Waals surface area contributed by atoms with Crippen molar-refractivity contribution < 1.29 is 0 Å². The van der Waals surface area contributed by atoms with Gasteiger partial charge in [0.2, 0.25) is 0 Å². The van der Waals surface area contributed by atoms with Crippen molar-refractivity contribution in [1.82, 2.24) is 5.32 Å². The molecule has 2 nitrogen and oxygen atoms in total. The Hall–Kier alpha value is -0.850. The summed E-state index contributed by atoms with van der Waals surface area (Å²) in [5, 5.41) is 14.3. The standard InChI is InChI=1S/C11H16N2S/c1-9(10-5-4-6-14-10)13-8-11(2,3)7-12/h4-6,9,13H,8H2,1-3H3. The van der Waals surface area contributed by atoms with Crippen molar-refractivity contribution in [2.45, 2.75) is 26.8 Å². The SMILES string of the molecule is CC(NCC(C)(C)C#N)c1cccs1. The summed E-state index contributed by atoms with van der Waals surface area (Å²) in [6.45, 7) is 6.74. The molecule has 0 spiro atoms. The van der Waals surface area contributed by atoms with Crippen LogP contribution in [0.2, 0.25) is 0 Å². The van der Waals surface area contributed by atoms with E-state index in [9.17, 15) is 0 Å². The molecule has 0 aromatic carbocycles. The lowest BCUT2D eigenvalue weighted by Gasteiger charge is -2.19. The molecule has 1 aromatic heterocycles. The highest BCUT2D eigenvalue weighted by atomic mass is 32.1. The van der Waals surface area contributed by atoms with Crippen LogP contribution in [-0.2, 0) is 0 Å². The second kappa shape index (κ2) is 4.59. The van der Waals surface area contributed by atoms with E-state index in [0.29, 0.717) is 6.04 Å². The third-order valence-corrected chi connectivity index (χ3v) is 3.18. The molecule has 0 aliphatic carbocycles. The molecule has 0 radical (unpaired) electrons. The zero-order valence-corrected chi connectivity index (χ0v) is 9.69. The van der Waals surface area contributed by atoms with Gasteiger partial charge in [0.25, 0.3) is 0 Å². The molecule has 1 aromatic rings. The minimum Gasteiger partial charge on any atom is -0.308 e. The van der Waals surface area contributed by atoms with Crippen LogP contribution in [0.15, 0.2) is 17.5 Å². The Bertz CT molecular complexity index is 309. The Morgan fingerprint density at radius 2 is 2.36 bits per heavy atom. The van der Waals surface area contributed by atoms with E-state index in [1.54, 1.807) is 11.3 Å². The Labute approximate surface area is 89.6 Å². The fourth-order valence-electron chi connectivity index (χ4n) is 1.09. The highest BCUT2D eigenvalue weighted by Crippen LogP contribution is 2.20. The molecule has 3 heteroatoms. The van der Waals surface area contributed by atoms with Crippen molar-refractivity contribution in [3.05, 3.63) is 22.4 Å². The smallest absolute Gasteiger partial charge is 0.0697 e. The van der Waals surface area contributed by atoms with Gasteiger partial charge in [-0.1, -0.05) is 6.07 Å². The van der Waals surface area contributed by atoms with Gasteiger partial charge in [-0.05, 0) is 32.2 Å². The van der Waals surface area contributed by atoms with Gasteiger partial charge in [-0.25, -0.2) is 0 Å². The van der Waals surface area contributed by atoms with Crippen LogP contribution in [0.5, 0.6) is 0 Å². The average molecular weight is 208 g/mol. The minimum atomic E-state index is -0.286. The van der Waals surface area contributed by atoms with Crippen LogP contribution in [0.1, 0.15) is 31.7 Å². The summed E-state index contributed by atoms with van der Waals surface area (Å²) in [4.78, 5) is 1.32. The largest absolute Gasteiger partial charge is 0.308 e. The van der Waals surface area contributed by atoms with Crippen LogP contribution in [0.25, 0.3) is 0 Å². The molecule has 1 unspecified atom stereocenters. The first-order valence-electron chi connectivity index (χ1n) is 4.73. The molecule has 1 atom stereocenters. The Kier molecular flexibility index (Phi) is 3.68. The van der Waals surface area contributed by atoms with Crippen molar-refractivity contribution >= 4 is 11.3 Å². The second-order valence-electron chi connectivity index (χ2n) is 4.11. The number of hydrogen-bond acceptors (Lipinski definition) is 3. The lowest BCUT2D eigenvalue weighted by atomic mass is 9.95. The number of thiophene rings is 1. The van der Waals surface area contributed by atoms with Crippen LogP contribution >= 0.6 is 11.3 Å². The van der Waals surface area contributed by atoms with Crippen molar-refractivity contribution in [3.8, 4) is 6.07 Å². The lowest BCUT2D eigenvalue weighted by molar-refractivity contribution is 0.417. The minimum absolute atomic E-state index is 0.286. The number of nitriles is 1. The highest BCUT2D eigenvalue weighted by molar-refractivity contribution is 7.10.